The standard InChI is InChI=1S/C13H13FN2OS/c1-3-8-11(10-5-16-6-18-10)7(2)4-9(14)12(8)13(15)17/h4-6H,3H2,1-2H3,(H2,15,17). The van der Waals surface area contributed by atoms with E-state index in [1.165, 1.54) is 17.4 Å². The molecule has 0 bridgehead atoms. The predicted octanol–water partition coefficient (Wildman–Crippen LogP) is 2.92. The van der Waals surface area contributed by atoms with Crippen molar-refractivity contribution < 1.29 is 9.18 Å². The largest absolute Gasteiger partial charge is 0.365 e. The van der Waals surface area contributed by atoms with Crippen molar-refractivity contribution in [2.75, 3.05) is 0 Å². The monoisotopic (exact) mass is 264 g/mol. The van der Waals surface area contributed by atoms with Crippen molar-refractivity contribution in [1.29, 1.82) is 0 Å². The average Bonchev–Trinajstić information content (AvgIpc) is 2.80. The number of hydrogen-bond acceptors (Lipinski definition) is 3. The van der Waals surface area contributed by atoms with Crippen molar-refractivity contribution in [2.45, 2.75) is 20.3 Å². The number of aryl methyl sites for hydroxylation is 1. The van der Waals surface area contributed by atoms with Gasteiger partial charge in [-0.15, -0.1) is 11.3 Å². The minimum atomic E-state index is -0.727. The second-order valence-electron chi connectivity index (χ2n) is 3.99. The summed E-state index contributed by atoms with van der Waals surface area (Å²) >= 11 is 1.46. The Morgan fingerprint density at radius 3 is 2.78 bits per heavy atom. The molecule has 0 unspecified atom stereocenters. The molecule has 0 aliphatic carbocycles. The number of carbonyl (C=O) groups excluding carboxylic acids is 1. The number of thiazole rings is 1. The van der Waals surface area contributed by atoms with Crippen LogP contribution in [0.3, 0.4) is 0 Å². The van der Waals surface area contributed by atoms with Crippen molar-refractivity contribution in [2.24, 2.45) is 5.73 Å². The molecule has 0 spiro atoms. The molecule has 2 N–H and O–H groups in total. The predicted molar refractivity (Wildman–Crippen MR) is 70.1 cm³/mol. The zero-order chi connectivity index (χ0) is 13.3. The van der Waals surface area contributed by atoms with E-state index in [0.717, 1.165) is 16.0 Å². The third kappa shape index (κ3) is 2.01. The van der Waals surface area contributed by atoms with E-state index in [9.17, 15) is 9.18 Å². The van der Waals surface area contributed by atoms with Gasteiger partial charge in [0.15, 0.2) is 0 Å². The fourth-order valence-corrected chi connectivity index (χ4v) is 2.90. The minimum absolute atomic E-state index is 0.00787. The highest BCUT2D eigenvalue weighted by Crippen LogP contribution is 2.34. The molecule has 0 saturated heterocycles. The molecule has 0 fully saturated rings. The van der Waals surface area contributed by atoms with Crippen LogP contribution in [0, 0.1) is 12.7 Å². The van der Waals surface area contributed by atoms with E-state index in [1.54, 1.807) is 11.7 Å². The third-order valence-electron chi connectivity index (χ3n) is 2.86. The van der Waals surface area contributed by atoms with E-state index in [4.69, 9.17) is 5.73 Å². The number of amides is 1. The normalized spacial score (nSPS) is 10.6. The van der Waals surface area contributed by atoms with E-state index < -0.39 is 11.7 Å². The maximum atomic E-state index is 13.9. The molecule has 94 valence electrons. The van der Waals surface area contributed by atoms with Gasteiger partial charge in [0, 0.05) is 11.8 Å². The first-order valence-electron chi connectivity index (χ1n) is 5.56. The van der Waals surface area contributed by atoms with Crippen LogP contribution in [-0.2, 0) is 6.42 Å². The molecule has 0 atom stereocenters. The molecule has 0 aliphatic heterocycles. The molecule has 1 heterocycles. The molecular weight excluding hydrogens is 251 g/mol. The summed E-state index contributed by atoms with van der Waals surface area (Å²) in [5.41, 5.74) is 9.29. The van der Waals surface area contributed by atoms with Crippen LogP contribution in [-0.4, -0.2) is 10.9 Å². The van der Waals surface area contributed by atoms with Gasteiger partial charge >= 0.3 is 0 Å². The van der Waals surface area contributed by atoms with Gasteiger partial charge in [0.2, 0.25) is 0 Å². The van der Waals surface area contributed by atoms with Crippen molar-refractivity contribution in [1.82, 2.24) is 4.98 Å². The summed E-state index contributed by atoms with van der Waals surface area (Å²) in [6.07, 6.45) is 2.26. The topological polar surface area (TPSA) is 56.0 Å². The molecule has 5 heteroatoms. The summed E-state index contributed by atoms with van der Waals surface area (Å²) in [5.74, 6) is -1.28. The minimum Gasteiger partial charge on any atom is -0.365 e. The summed E-state index contributed by atoms with van der Waals surface area (Å²) in [7, 11) is 0. The highest BCUT2D eigenvalue weighted by molar-refractivity contribution is 7.13. The molecule has 3 nitrogen and oxygen atoms in total. The van der Waals surface area contributed by atoms with Gasteiger partial charge in [0.05, 0.1) is 16.0 Å². The highest BCUT2D eigenvalue weighted by Gasteiger charge is 2.20. The fourth-order valence-electron chi connectivity index (χ4n) is 2.14. The molecule has 18 heavy (non-hydrogen) atoms. The molecule has 2 aromatic rings. The van der Waals surface area contributed by atoms with Crippen molar-refractivity contribution >= 4 is 17.2 Å². The van der Waals surface area contributed by atoms with Crippen LogP contribution in [0.25, 0.3) is 10.4 Å². The van der Waals surface area contributed by atoms with Gasteiger partial charge in [0.1, 0.15) is 5.82 Å². The molecule has 0 saturated carbocycles. The third-order valence-corrected chi connectivity index (χ3v) is 3.65. The van der Waals surface area contributed by atoms with Crippen molar-refractivity contribution in [3.8, 4) is 10.4 Å². The van der Waals surface area contributed by atoms with E-state index in [0.29, 0.717) is 12.0 Å². The van der Waals surface area contributed by atoms with Crippen LogP contribution in [0.1, 0.15) is 28.4 Å². The summed E-state index contributed by atoms with van der Waals surface area (Å²) in [6.45, 7) is 3.70. The zero-order valence-electron chi connectivity index (χ0n) is 10.2. The van der Waals surface area contributed by atoms with E-state index in [2.05, 4.69) is 4.98 Å². The number of aromatic nitrogens is 1. The quantitative estimate of drug-likeness (QED) is 0.926. The highest BCUT2D eigenvalue weighted by atomic mass is 32.1. The summed E-state index contributed by atoms with van der Waals surface area (Å²) in [5, 5.41) is 0. The van der Waals surface area contributed by atoms with E-state index in [-0.39, 0.29) is 5.56 Å². The lowest BCUT2D eigenvalue weighted by atomic mass is 9.93. The Kier molecular flexibility index (Phi) is 3.43. The Labute approximate surface area is 108 Å². The van der Waals surface area contributed by atoms with Gasteiger partial charge in [0.25, 0.3) is 5.91 Å². The van der Waals surface area contributed by atoms with Crippen LogP contribution in [0.2, 0.25) is 0 Å². The number of nitrogens with zero attached hydrogens (tertiary/aromatic N) is 1. The second-order valence-corrected chi connectivity index (χ2v) is 4.87. The Morgan fingerprint density at radius 2 is 2.28 bits per heavy atom. The number of benzene rings is 1. The smallest absolute Gasteiger partial charge is 0.251 e. The summed E-state index contributed by atoms with van der Waals surface area (Å²) in [6, 6.07) is 1.36. The number of halogens is 1. The van der Waals surface area contributed by atoms with Crippen LogP contribution < -0.4 is 5.73 Å². The fraction of sp³-hybridized carbons (Fsp3) is 0.231. The van der Waals surface area contributed by atoms with Gasteiger partial charge in [-0.05, 0) is 30.5 Å². The van der Waals surface area contributed by atoms with Crippen LogP contribution in [0.5, 0.6) is 0 Å². The molecule has 1 amide bonds. The summed E-state index contributed by atoms with van der Waals surface area (Å²) < 4.78 is 13.9. The lowest BCUT2D eigenvalue weighted by Gasteiger charge is -2.14. The Balaban J connectivity index is 2.80. The van der Waals surface area contributed by atoms with Crippen molar-refractivity contribution in [3.05, 3.63) is 40.3 Å². The number of rotatable bonds is 3. The molecule has 1 aromatic carbocycles. The molecular formula is C13H13FN2OS. The van der Waals surface area contributed by atoms with Gasteiger partial charge in [-0.3, -0.25) is 9.78 Å². The molecule has 0 aliphatic rings. The molecule has 0 radical (unpaired) electrons. The number of carbonyl (C=O) groups is 1. The second kappa shape index (κ2) is 4.86. The van der Waals surface area contributed by atoms with Crippen LogP contribution in [0.15, 0.2) is 17.8 Å². The first-order chi connectivity index (χ1) is 8.56. The summed E-state index contributed by atoms with van der Waals surface area (Å²) in [4.78, 5) is 16.3. The maximum absolute atomic E-state index is 13.9. The Hall–Kier alpha value is -1.75. The lowest BCUT2D eigenvalue weighted by Crippen LogP contribution is -2.17. The molecule has 2 rings (SSSR count). The maximum Gasteiger partial charge on any atom is 0.251 e. The average molecular weight is 264 g/mol. The van der Waals surface area contributed by atoms with Gasteiger partial charge in [-0.1, -0.05) is 6.92 Å². The number of primary amides is 1. The number of nitrogens with two attached hydrogens (primary N) is 1. The Bertz CT molecular complexity index is 594. The first kappa shape index (κ1) is 12.7. The van der Waals surface area contributed by atoms with Gasteiger partial charge in [-0.2, -0.15) is 0 Å². The van der Waals surface area contributed by atoms with Gasteiger partial charge in [-0.25, -0.2) is 4.39 Å². The number of hydrogen-bond donors (Lipinski definition) is 1. The lowest BCUT2D eigenvalue weighted by molar-refractivity contribution is 0.0995. The van der Waals surface area contributed by atoms with Crippen LogP contribution >= 0.6 is 11.3 Å². The Morgan fingerprint density at radius 1 is 1.56 bits per heavy atom. The van der Waals surface area contributed by atoms with Gasteiger partial charge < -0.3 is 5.73 Å². The zero-order valence-corrected chi connectivity index (χ0v) is 11.0. The molecule has 1 aromatic heterocycles. The van der Waals surface area contributed by atoms with Crippen molar-refractivity contribution in [3.63, 3.8) is 0 Å². The first-order valence-corrected chi connectivity index (χ1v) is 6.44. The van der Waals surface area contributed by atoms with Crippen LogP contribution in [0.4, 0.5) is 4.39 Å². The SMILES string of the molecule is CCc1c(C(N)=O)c(F)cc(C)c1-c1cncs1. The van der Waals surface area contributed by atoms with E-state index >= 15 is 0 Å². The van der Waals surface area contributed by atoms with E-state index in [1.807, 2.05) is 13.8 Å².